The van der Waals surface area contributed by atoms with E-state index in [1.807, 2.05) is 0 Å². The van der Waals surface area contributed by atoms with Gasteiger partial charge in [-0.1, -0.05) is 6.07 Å². The summed E-state index contributed by atoms with van der Waals surface area (Å²) in [6.45, 7) is 2.38. The molecule has 1 unspecified atom stereocenters. The Morgan fingerprint density at radius 2 is 1.85 bits per heavy atom. The van der Waals surface area contributed by atoms with Crippen LogP contribution in [0.15, 0.2) is 12.1 Å². The Bertz CT molecular complexity index is 1080. The molecule has 34 heavy (non-hydrogen) atoms. The van der Waals surface area contributed by atoms with E-state index in [0.29, 0.717) is 30.9 Å². The molecule has 184 valence electrons. The van der Waals surface area contributed by atoms with Crippen LogP contribution in [0.2, 0.25) is 0 Å². The zero-order valence-corrected chi connectivity index (χ0v) is 18.5. The number of likely N-dealkylation sites (tertiary alicyclic amines) is 1. The van der Waals surface area contributed by atoms with Gasteiger partial charge < -0.3 is 9.64 Å². The molecule has 1 aromatic heterocycles. The third kappa shape index (κ3) is 4.45. The Hall–Kier alpha value is -2.82. The molecule has 1 aromatic carbocycles. The molecule has 4 rings (SSSR count). The van der Waals surface area contributed by atoms with E-state index < -0.39 is 41.4 Å². The van der Waals surface area contributed by atoms with Gasteiger partial charge in [-0.05, 0) is 56.6 Å². The second-order valence-corrected chi connectivity index (χ2v) is 8.63. The first-order chi connectivity index (χ1) is 16.1. The van der Waals surface area contributed by atoms with Gasteiger partial charge in [0, 0.05) is 25.3 Å². The maximum atomic E-state index is 14.0. The average Bonchev–Trinajstić information content (AvgIpc) is 3.16. The summed E-state index contributed by atoms with van der Waals surface area (Å²) in [5, 5.41) is 4.35. The van der Waals surface area contributed by atoms with E-state index in [2.05, 4.69) is 5.10 Å². The number of alkyl halides is 3. The minimum absolute atomic E-state index is 0.0959. The van der Waals surface area contributed by atoms with Crippen molar-refractivity contribution in [1.29, 1.82) is 0 Å². The van der Waals surface area contributed by atoms with Crippen LogP contribution in [-0.4, -0.2) is 46.6 Å². The third-order valence-corrected chi connectivity index (χ3v) is 6.57. The molecule has 2 fully saturated rings. The average molecular weight is 485 g/mol. The Labute approximate surface area is 192 Å². The standard InChI is InChI=1S/C23H24F5N3O3/c1-13-17(12-32)31(18-4-2-3-11-34-18)29-21(13)22(33)30-9-7-14(8-10-30)15-5-6-16(24)20(25)19(15)23(26,27)28/h5-6,12,14,18H,2-4,7-11H2,1H3. The summed E-state index contributed by atoms with van der Waals surface area (Å²) in [5.74, 6) is -4.58. The molecule has 0 bridgehead atoms. The van der Waals surface area contributed by atoms with Gasteiger partial charge in [0.1, 0.15) is 5.69 Å². The molecule has 2 saturated heterocycles. The number of hydrogen-bond acceptors (Lipinski definition) is 4. The van der Waals surface area contributed by atoms with E-state index in [0.717, 1.165) is 18.9 Å². The minimum Gasteiger partial charge on any atom is -0.356 e. The Kier molecular flexibility index (Phi) is 6.75. The van der Waals surface area contributed by atoms with Crippen LogP contribution < -0.4 is 0 Å². The summed E-state index contributed by atoms with van der Waals surface area (Å²) in [6.07, 6.45) is -2.08. The van der Waals surface area contributed by atoms with Gasteiger partial charge in [0.2, 0.25) is 0 Å². The number of piperidine rings is 1. The number of ether oxygens (including phenoxy) is 1. The van der Waals surface area contributed by atoms with Crippen LogP contribution in [0.5, 0.6) is 0 Å². The Morgan fingerprint density at radius 3 is 2.44 bits per heavy atom. The van der Waals surface area contributed by atoms with Crippen molar-refractivity contribution in [3.05, 3.63) is 51.8 Å². The van der Waals surface area contributed by atoms with Crippen molar-refractivity contribution in [2.45, 2.75) is 57.3 Å². The van der Waals surface area contributed by atoms with Crippen LogP contribution in [0, 0.1) is 18.6 Å². The maximum absolute atomic E-state index is 14.0. The maximum Gasteiger partial charge on any atom is 0.419 e. The summed E-state index contributed by atoms with van der Waals surface area (Å²) in [6, 6.07) is 1.66. The van der Waals surface area contributed by atoms with Gasteiger partial charge in [-0.25, -0.2) is 13.5 Å². The number of carbonyl (C=O) groups is 2. The Balaban J connectivity index is 1.53. The van der Waals surface area contributed by atoms with Crippen molar-refractivity contribution in [2.75, 3.05) is 19.7 Å². The summed E-state index contributed by atoms with van der Waals surface area (Å²) in [4.78, 5) is 26.3. The van der Waals surface area contributed by atoms with Gasteiger partial charge in [-0.2, -0.15) is 18.3 Å². The lowest BCUT2D eigenvalue weighted by atomic mass is 9.86. The number of hydrogen-bond donors (Lipinski definition) is 0. The van der Waals surface area contributed by atoms with Crippen LogP contribution in [-0.2, 0) is 10.9 Å². The van der Waals surface area contributed by atoms with Crippen molar-refractivity contribution in [3.8, 4) is 0 Å². The number of nitrogens with zero attached hydrogens (tertiary/aromatic N) is 3. The van der Waals surface area contributed by atoms with Crippen molar-refractivity contribution in [3.63, 3.8) is 0 Å². The molecule has 0 saturated carbocycles. The molecule has 1 amide bonds. The van der Waals surface area contributed by atoms with E-state index in [1.54, 1.807) is 6.92 Å². The minimum atomic E-state index is -5.04. The molecular weight excluding hydrogens is 461 g/mol. The van der Waals surface area contributed by atoms with Crippen LogP contribution in [0.1, 0.15) is 81.9 Å². The number of rotatable bonds is 4. The molecular formula is C23H24F5N3O3. The van der Waals surface area contributed by atoms with Crippen molar-refractivity contribution in [2.24, 2.45) is 0 Å². The molecule has 2 aliphatic rings. The molecule has 1 atom stereocenters. The molecule has 11 heteroatoms. The number of amides is 1. The van der Waals surface area contributed by atoms with E-state index in [1.165, 1.54) is 9.58 Å². The highest BCUT2D eigenvalue weighted by Crippen LogP contribution is 2.41. The first-order valence-electron chi connectivity index (χ1n) is 11.1. The van der Waals surface area contributed by atoms with Gasteiger partial charge in [-0.3, -0.25) is 9.59 Å². The van der Waals surface area contributed by atoms with Gasteiger partial charge in [0.25, 0.3) is 5.91 Å². The van der Waals surface area contributed by atoms with Gasteiger partial charge in [0.05, 0.1) is 5.56 Å². The van der Waals surface area contributed by atoms with Crippen LogP contribution >= 0.6 is 0 Å². The van der Waals surface area contributed by atoms with Gasteiger partial charge >= 0.3 is 6.18 Å². The van der Waals surface area contributed by atoms with Crippen molar-refractivity contribution < 1.29 is 36.3 Å². The highest BCUT2D eigenvalue weighted by molar-refractivity contribution is 5.96. The molecule has 2 aliphatic heterocycles. The lowest BCUT2D eigenvalue weighted by Gasteiger charge is -2.33. The first-order valence-corrected chi connectivity index (χ1v) is 11.1. The summed E-state index contributed by atoms with van der Waals surface area (Å²) < 4.78 is 74.9. The lowest BCUT2D eigenvalue weighted by molar-refractivity contribution is -0.141. The van der Waals surface area contributed by atoms with Gasteiger partial charge in [0.15, 0.2) is 29.8 Å². The zero-order valence-electron chi connectivity index (χ0n) is 18.5. The molecule has 0 N–H and O–H groups in total. The number of aldehydes is 1. The number of aromatic nitrogens is 2. The topological polar surface area (TPSA) is 64.4 Å². The van der Waals surface area contributed by atoms with E-state index >= 15 is 0 Å². The van der Waals surface area contributed by atoms with Crippen LogP contribution in [0.4, 0.5) is 22.0 Å². The third-order valence-electron chi connectivity index (χ3n) is 6.57. The van der Waals surface area contributed by atoms with E-state index in [9.17, 15) is 31.5 Å². The smallest absolute Gasteiger partial charge is 0.356 e. The Morgan fingerprint density at radius 1 is 1.15 bits per heavy atom. The SMILES string of the molecule is Cc1c(C(=O)N2CCC(c3ccc(F)c(F)c3C(F)(F)F)CC2)nn(C2CCCCO2)c1C=O. The molecule has 0 aliphatic carbocycles. The second-order valence-electron chi connectivity index (χ2n) is 8.63. The number of halogens is 5. The first kappa shape index (κ1) is 24.3. The fourth-order valence-corrected chi connectivity index (χ4v) is 4.75. The highest BCUT2D eigenvalue weighted by Gasteiger charge is 2.41. The fourth-order valence-electron chi connectivity index (χ4n) is 4.75. The fraction of sp³-hybridized carbons (Fsp3) is 0.522. The molecule has 3 heterocycles. The highest BCUT2D eigenvalue weighted by atomic mass is 19.4. The number of benzene rings is 1. The zero-order chi connectivity index (χ0) is 24.6. The predicted octanol–water partition coefficient (Wildman–Crippen LogP) is 5.02. The van der Waals surface area contributed by atoms with Crippen LogP contribution in [0.25, 0.3) is 0 Å². The second kappa shape index (κ2) is 9.44. The quantitative estimate of drug-likeness (QED) is 0.451. The van der Waals surface area contributed by atoms with Crippen molar-refractivity contribution in [1.82, 2.24) is 14.7 Å². The molecule has 2 aromatic rings. The predicted molar refractivity (Wildman–Crippen MR) is 110 cm³/mol. The summed E-state index contributed by atoms with van der Waals surface area (Å²) in [5.41, 5.74) is -1.14. The molecule has 0 spiro atoms. The number of carbonyl (C=O) groups excluding carboxylic acids is 2. The molecule has 0 radical (unpaired) electrons. The molecule has 6 nitrogen and oxygen atoms in total. The van der Waals surface area contributed by atoms with Gasteiger partial charge in [-0.15, -0.1) is 0 Å². The van der Waals surface area contributed by atoms with E-state index in [-0.39, 0.29) is 42.9 Å². The largest absolute Gasteiger partial charge is 0.419 e. The normalized spacial score (nSPS) is 19.9. The monoisotopic (exact) mass is 485 g/mol. The lowest BCUT2D eigenvalue weighted by Crippen LogP contribution is -2.39. The van der Waals surface area contributed by atoms with Crippen LogP contribution in [0.3, 0.4) is 0 Å². The summed E-state index contributed by atoms with van der Waals surface area (Å²) in [7, 11) is 0. The van der Waals surface area contributed by atoms with Crippen molar-refractivity contribution >= 4 is 12.2 Å². The van der Waals surface area contributed by atoms with E-state index in [4.69, 9.17) is 4.74 Å². The summed E-state index contributed by atoms with van der Waals surface area (Å²) >= 11 is 0.